The fourth-order valence-electron chi connectivity index (χ4n) is 2.34. The molecule has 0 radical (unpaired) electrons. The van der Waals surface area contributed by atoms with Crippen molar-refractivity contribution in [3.8, 4) is 0 Å². The van der Waals surface area contributed by atoms with E-state index in [1.54, 1.807) is 13.3 Å². The Hall–Kier alpha value is -2.11. The summed E-state index contributed by atoms with van der Waals surface area (Å²) in [5.41, 5.74) is 0.681. The Balaban J connectivity index is 2.19. The number of aryl methyl sites for hydroxylation is 1. The first kappa shape index (κ1) is 11.0. The Morgan fingerprint density at radius 1 is 1.67 bits per heavy atom. The summed E-state index contributed by atoms with van der Waals surface area (Å²) in [7, 11) is 0. The van der Waals surface area contributed by atoms with Crippen LogP contribution >= 0.6 is 0 Å². The summed E-state index contributed by atoms with van der Waals surface area (Å²) in [5.74, 6) is 0.379. The van der Waals surface area contributed by atoms with Crippen molar-refractivity contribution < 1.29 is 14.3 Å². The molecule has 6 nitrogen and oxygen atoms in total. The van der Waals surface area contributed by atoms with Crippen molar-refractivity contribution >= 4 is 24.0 Å². The van der Waals surface area contributed by atoms with Gasteiger partial charge in [0.1, 0.15) is 23.5 Å². The highest BCUT2D eigenvalue weighted by Crippen LogP contribution is 2.35. The molecule has 2 aliphatic rings. The number of fused-ring (bicyclic) bond motifs is 3. The number of carbonyl (C=O) groups is 1. The van der Waals surface area contributed by atoms with Crippen LogP contribution in [0.5, 0.6) is 0 Å². The van der Waals surface area contributed by atoms with Crippen LogP contribution in [0.15, 0.2) is 14.4 Å². The molecule has 0 saturated heterocycles. The molecule has 1 N–H and O–H groups in total. The SMILES string of the molecule is CCC1CN2C=Nc3oc(C)c(C(=O)O)c3C2=N1. The van der Waals surface area contributed by atoms with Crippen LogP contribution in [0.4, 0.5) is 5.88 Å². The molecule has 1 aromatic heterocycles. The first-order chi connectivity index (χ1) is 8.61. The summed E-state index contributed by atoms with van der Waals surface area (Å²) in [6.07, 6.45) is 2.58. The molecule has 0 bridgehead atoms. The van der Waals surface area contributed by atoms with Crippen molar-refractivity contribution in [1.82, 2.24) is 4.90 Å². The van der Waals surface area contributed by atoms with Gasteiger partial charge < -0.3 is 14.4 Å². The lowest BCUT2D eigenvalue weighted by molar-refractivity contribution is 0.0695. The molecule has 94 valence electrons. The van der Waals surface area contributed by atoms with E-state index in [4.69, 9.17) is 4.42 Å². The average molecular weight is 247 g/mol. The number of hydrogen-bond donors (Lipinski definition) is 1. The molecule has 3 heterocycles. The Kier molecular flexibility index (Phi) is 2.26. The minimum atomic E-state index is -1.00. The van der Waals surface area contributed by atoms with E-state index < -0.39 is 5.97 Å². The van der Waals surface area contributed by atoms with Crippen LogP contribution in [0.2, 0.25) is 0 Å². The number of aromatic carboxylic acids is 1. The zero-order valence-electron chi connectivity index (χ0n) is 10.2. The molecule has 6 heteroatoms. The van der Waals surface area contributed by atoms with Crippen LogP contribution < -0.4 is 0 Å². The summed E-state index contributed by atoms with van der Waals surface area (Å²) in [6, 6.07) is 0.189. The summed E-state index contributed by atoms with van der Waals surface area (Å²) < 4.78 is 5.39. The first-order valence-electron chi connectivity index (χ1n) is 5.87. The van der Waals surface area contributed by atoms with E-state index in [-0.39, 0.29) is 11.6 Å². The Bertz CT molecular complexity index is 586. The van der Waals surface area contributed by atoms with Gasteiger partial charge in [0, 0.05) is 6.54 Å². The maximum atomic E-state index is 11.3. The molecule has 0 aromatic carbocycles. The number of hydrogen-bond acceptors (Lipinski definition) is 5. The van der Waals surface area contributed by atoms with Crippen LogP contribution in [0.25, 0.3) is 0 Å². The molecule has 1 unspecified atom stereocenters. The van der Waals surface area contributed by atoms with Gasteiger partial charge in [-0.2, -0.15) is 0 Å². The zero-order chi connectivity index (χ0) is 12.9. The van der Waals surface area contributed by atoms with E-state index in [0.717, 1.165) is 13.0 Å². The maximum absolute atomic E-state index is 11.3. The van der Waals surface area contributed by atoms with E-state index >= 15 is 0 Å². The lowest BCUT2D eigenvalue weighted by Crippen LogP contribution is -2.31. The van der Waals surface area contributed by atoms with Crippen molar-refractivity contribution in [3.05, 3.63) is 16.9 Å². The number of carboxylic acid groups (broad SMARTS) is 1. The second kappa shape index (κ2) is 3.69. The zero-order valence-corrected chi connectivity index (χ0v) is 10.2. The molecule has 0 spiro atoms. The van der Waals surface area contributed by atoms with E-state index in [2.05, 4.69) is 16.9 Å². The smallest absolute Gasteiger partial charge is 0.340 e. The van der Waals surface area contributed by atoms with Gasteiger partial charge in [0.2, 0.25) is 5.88 Å². The molecular formula is C12H13N3O3. The molecule has 3 rings (SSSR count). The van der Waals surface area contributed by atoms with E-state index in [9.17, 15) is 9.90 Å². The average Bonchev–Trinajstić information content (AvgIpc) is 2.87. The standard InChI is InChI=1S/C12H13N3O3/c1-3-7-4-15-5-13-11-9(10(15)14-7)8(12(16)17)6(2)18-11/h5,7H,3-4H2,1-2H3,(H,16,17). The van der Waals surface area contributed by atoms with Gasteiger partial charge in [-0.15, -0.1) is 0 Å². The fraction of sp³-hybridized carbons (Fsp3) is 0.417. The number of rotatable bonds is 2. The Morgan fingerprint density at radius 3 is 3.11 bits per heavy atom. The molecule has 1 aromatic rings. The third kappa shape index (κ3) is 1.38. The molecule has 2 aliphatic heterocycles. The van der Waals surface area contributed by atoms with Crippen LogP contribution in [0.1, 0.15) is 35.0 Å². The fourth-order valence-corrected chi connectivity index (χ4v) is 2.34. The van der Waals surface area contributed by atoms with E-state index in [0.29, 0.717) is 23.0 Å². The van der Waals surface area contributed by atoms with Crippen LogP contribution in [0, 0.1) is 6.92 Å². The second-order valence-corrected chi connectivity index (χ2v) is 4.43. The molecule has 0 saturated carbocycles. The third-order valence-electron chi connectivity index (χ3n) is 3.27. The second-order valence-electron chi connectivity index (χ2n) is 4.43. The number of carboxylic acids is 1. The lowest BCUT2D eigenvalue weighted by Gasteiger charge is -2.18. The van der Waals surface area contributed by atoms with Gasteiger partial charge >= 0.3 is 5.97 Å². The van der Waals surface area contributed by atoms with E-state index in [1.165, 1.54) is 0 Å². The lowest BCUT2D eigenvalue weighted by atomic mass is 10.1. The van der Waals surface area contributed by atoms with Gasteiger partial charge in [0.25, 0.3) is 0 Å². The van der Waals surface area contributed by atoms with Gasteiger partial charge in [0.15, 0.2) is 0 Å². The predicted molar refractivity (Wildman–Crippen MR) is 65.9 cm³/mol. The van der Waals surface area contributed by atoms with Crippen LogP contribution in [0.3, 0.4) is 0 Å². The van der Waals surface area contributed by atoms with Gasteiger partial charge in [-0.3, -0.25) is 4.99 Å². The van der Waals surface area contributed by atoms with Gasteiger partial charge in [-0.05, 0) is 13.3 Å². The first-order valence-corrected chi connectivity index (χ1v) is 5.87. The minimum Gasteiger partial charge on any atom is -0.478 e. The topological polar surface area (TPSA) is 78.4 Å². The highest BCUT2D eigenvalue weighted by Gasteiger charge is 2.35. The highest BCUT2D eigenvalue weighted by atomic mass is 16.4. The maximum Gasteiger partial charge on any atom is 0.340 e. The summed E-state index contributed by atoms with van der Waals surface area (Å²) in [6.45, 7) is 4.44. The van der Waals surface area contributed by atoms with Crippen molar-refractivity contribution in [2.24, 2.45) is 9.98 Å². The molecule has 0 amide bonds. The highest BCUT2D eigenvalue weighted by molar-refractivity contribution is 6.16. The van der Waals surface area contributed by atoms with Crippen molar-refractivity contribution in [3.63, 3.8) is 0 Å². The van der Waals surface area contributed by atoms with Crippen LogP contribution in [-0.4, -0.2) is 40.7 Å². The Morgan fingerprint density at radius 2 is 2.44 bits per heavy atom. The third-order valence-corrected chi connectivity index (χ3v) is 3.27. The van der Waals surface area contributed by atoms with E-state index in [1.807, 2.05) is 4.90 Å². The van der Waals surface area contributed by atoms with Crippen LogP contribution in [-0.2, 0) is 0 Å². The van der Waals surface area contributed by atoms with Gasteiger partial charge in [-0.1, -0.05) is 6.92 Å². The summed E-state index contributed by atoms with van der Waals surface area (Å²) in [5, 5.41) is 9.27. The minimum absolute atomic E-state index is 0.169. The Labute approximate surface area is 104 Å². The van der Waals surface area contributed by atoms with Crippen molar-refractivity contribution in [2.75, 3.05) is 6.54 Å². The summed E-state index contributed by atoms with van der Waals surface area (Å²) >= 11 is 0. The normalized spacial score (nSPS) is 20.7. The molecular weight excluding hydrogens is 234 g/mol. The molecule has 0 aliphatic carbocycles. The quantitative estimate of drug-likeness (QED) is 0.864. The van der Waals surface area contributed by atoms with Gasteiger partial charge in [-0.25, -0.2) is 9.79 Å². The number of aliphatic imine (C=N–C) groups is 2. The molecule has 0 fully saturated rings. The molecule has 18 heavy (non-hydrogen) atoms. The van der Waals surface area contributed by atoms with Gasteiger partial charge in [0.05, 0.1) is 11.6 Å². The predicted octanol–water partition coefficient (Wildman–Crippen LogP) is 1.80. The molecule has 1 atom stereocenters. The number of nitrogens with zero attached hydrogens (tertiary/aromatic N) is 3. The largest absolute Gasteiger partial charge is 0.478 e. The number of amidine groups is 1. The van der Waals surface area contributed by atoms with Crippen molar-refractivity contribution in [1.29, 1.82) is 0 Å². The monoisotopic (exact) mass is 247 g/mol. The van der Waals surface area contributed by atoms with Crippen molar-refractivity contribution in [2.45, 2.75) is 26.3 Å². The summed E-state index contributed by atoms with van der Waals surface area (Å²) in [4.78, 5) is 21.9. The number of furan rings is 1.